The zero-order valence-corrected chi connectivity index (χ0v) is 11.5. The number of rotatable bonds is 3. The smallest absolute Gasteiger partial charge is 0.320 e. The largest absolute Gasteiger partial charge is 0.432 e. The van der Waals surface area contributed by atoms with Gasteiger partial charge in [0.2, 0.25) is 5.95 Å². The average molecular weight is 321 g/mol. The molecular weight excluding hydrogens is 311 g/mol. The fraction of sp³-hybridized carbons (Fsp3) is 0.0714. The highest BCUT2D eigenvalue weighted by Gasteiger charge is 2.33. The molecule has 9 heteroatoms. The minimum absolute atomic E-state index is 0.105. The fourth-order valence-electron chi connectivity index (χ4n) is 1.90. The van der Waals surface area contributed by atoms with E-state index in [0.29, 0.717) is 11.9 Å². The number of nitrogens with zero attached hydrogens (tertiary/aromatic N) is 2. The van der Waals surface area contributed by atoms with E-state index < -0.39 is 17.8 Å². The lowest BCUT2D eigenvalue weighted by Gasteiger charge is -2.01. The van der Waals surface area contributed by atoms with E-state index in [4.69, 9.17) is 0 Å². The number of aromatic nitrogens is 4. The Morgan fingerprint density at radius 1 is 1.17 bits per heavy atom. The minimum Gasteiger partial charge on any atom is -0.320 e. The van der Waals surface area contributed by atoms with Crippen molar-refractivity contribution in [3.05, 3.63) is 54.0 Å². The molecule has 3 rings (SSSR count). The normalized spacial score (nSPS) is 11.4. The van der Waals surface area contributed by atoms with Crippen LogP contribution in [0, 0.1) is 0 Å². The molecule has 3 N–H and O–H groups in total. The van der Waals surface area contributed by atoms with Crippen LogP contribution in [0.4, 0.5) is 19.1 Å². The third kappa shape index (κ3) is 3.23. The van der Waals surface area contributed by atoms with E-state index in [2.05, 4.69) is 20.5 Å². The lowest BCUT2D eigenvalue weighted by Crippen LogP contribution is -2.14. The van der Waals surface area contributed by atoms with E-state index >= 15 is 0 Å². The third-order valence-electron chi connectivity index (χ3n) is 3.01. The highest BCUT2D eigenvalue weighted by Crippen LogP contribution is 2.28. The number of carbonyl (C=O) groups excluding carboxylic acids is 1. The van der Waals surface area contributed by atoms with Gasteiger partial charge in [-0.3, -0.25) is 15.2 Å². The molecule has 118 valence electrons. The number of alkyl halides is 3. The van der Waals surface area contributed by atoms with Crippen LogP contribution in [-0.4, -0.2) is 26.1 Å². The van der Waals surface area contributed by atoms with Gasteiger partial charge >= 0.3 is 6.18 Å². The second kappa shape index (κ2) is 5.59. The van der Waals surface area contributed by atoms with Gasteiger partial charge in [-0.25, -0.2) is 4.98 Å². The van der Waals surface area contributed by atoms with Crippen LogP contribution in [-0.2, 0) is 6.18 Å². The summed E-state index contributed by atoms with van der Waals surface area (Å²) in [5.41, 5.74) is 0.419. The number of benzene rings is 1. The van der Waals surface area contributed by atoms with Gasteiger partial charge < -0.3 is 4.98 Å². The molecule has 0 saturated carbocycles. The van der Waals surface area contributed by atoms with Crippen molar-refractivity contribution in [2.24, 2.45) is 0 Å². The summed E-state index contributed by atoms with van der Waals surface area (Å²) < 4.78 is 37.4. The molecule has 0 unspecified atom stereocenters. The van der Waals surface area contributed by atoms with Gasteiger partial charge in [-0.15, -0.1) is 0 Å². The van der Waals surface area contributed by atoms with Crippen LogP contribution in [0.15, 0.2) is 42.6 Å². The van der Waals surface area contributed by atoms with Crippen molar-refractivity contribution in [2.75, 3.05) is 5.32 Å². The maximum absolute atomic E-state index is 12.5. The van der Waals surface area contributed by atoms with E-state index in [-0.39, 0.29) is 11.6 Å². The summed E-state index contributed by atoms with van der Waals surface area (Å²) >= 11 is 0. The van der Waals surface area contributed by atoms with Crippen LogP contribution in [0.25, 0.3) is 11.3 Å². The van der Waals surface area contributed by atoms with Gasteiger partial charge in [0.05, 0.1) is 11.9 Å². The monoisotopic (exact) mass is 321 g/mol. The Morgan fingerprint density at radius 3 is 2.57 bits per heavy atom. The number of imidazole rings is 1. The molecule has 0 aliphatic rings. The number of nitrogens with one attached hydrogen (secondary N) is 3. The van der Waals surface area contributed by atoms with Crippen molar-refractivity contribution < 1.29 is 18.0 Å². The van der Waals surface area contributed by atoms with Crippen molar-refractivity contribution >= 4 is 11.9 Å². The molecule has 0 spiro atoms. The molecule has 0 fully saturated rings. The Bertz CT molecular complexity index is 822. The Hall–Kier alpha value is -3.10. The molecule has 0 radical (unpaired) electrons. The summed E-state index contributed by atoms with van der Waals surface area (Å²) in [4.78, 5) is 17.5. The van der Waals surface area contributed by atoms with Crippen molar-refractivity contribution in [1.29, 1.82) is 0 Å². The van der Waals surface area contributed by atoms with Gasteiger partial charge in [0, 0.05) is 5.56 Å². The van der Waals surface area contributed by atoms with E-state index in [1.54, 1.807) is 0 Å². The Morgan fingerprint density at radius 2 is 1.91 bits per heavy atom. The first-order chi connectivity index (χ1) is 10.9. The van der Waals surface area contributed by atoms with Gasteiger partial charge in [-0.2, -0.15) is 18.3 Å². The number of hydrogen-bond donors (Lipinski definition) is 3. The Labute approximate surface area is 127 Å². The molecule has 1 aromatic carbocycles. The Balaban J connectivity index is 1.74. The van der Waals surface area contributed by atoms with Crippen LogP contribution in [0.2, 0.25) is 0 Å². The predicted molar refractivity (Wildman–Crippen MR) is 75.6 cm³/mol. The van der Waals surface area contributed by atoms with Gasteiger partial charge in [0.1, 0.15) is 11.4 Å². The SMILES string of the molecule is O=C(Nc1ncc(C(F)(F)F)[nH]1)c1cc(-c2ccccc2)n[nH]1. The first-order valence-corrected chi connectivity index (χ1v) is 6.48. The molecule has 0 aliphatic heterocycles. The number of amides is 1. The van der Waals surface area contributed by atoms with Crippen molar-refractivity contribution in [3.8, 4) is 11.3 Å². The fourth-order valence-corrected chi connectivity index (χ4v) is 1.90. The van der Waals surface area contributed by atoms with Crippen molar-refractivity contribution in [2.45, 2.75) is 6.18 Å². The summed E-state index contributed by atoms with van der Waals surface area (Å²) in [6, 6.07) is 10.6. The third-order valence-corrected chi connectivity index (χ3v) is 3.01. The van der Waals surface area contributed by atoms with Gasteiger partial charge in [0.25, 0.3) is 5.91 Å². The van der Waals surface area contributed by atoms with Crippen LogP contribution in [0.1, 0.15) is 16.2 Å². The first kappa shape index (κ1) is 14.8. The van der Waals surface area contributed by atoms with Gasteiger partial charge in [-0.1, -0.05) is 30.3 Å². The molecular formula is C14H10F3N5O. The Kier molecular flexibility index (Phi) is 3.61. The quantitative estimate of drug-likeness (QED) is 0.693. The van der Waals surface area contributed by atoms with Crippen LogP contribution in [0.3, 0.4) is 0 Å². The maximum atomic E-state index is 12.5. The topological polar surface area (TPSA) is 86.5 Å². The van der Waals surface area contributed by atoms with Gasteiger partial charge in [-0.05, 0) is 6.07 Å². The number of hydrogen-bond acceptors (Lipinski definition) is 3. The second-order valence-corrected chi connectivity index (χ2v) is 4.63. The highest BCUT2D eigenvalue weighted by atomic mass is 19.4. The predicted octanol–water partition coefficient (Wildman–Crippen LogP) is 3.07. The van der Waals surface area contributed by atoms with Crippen LogP contribution >= 0.6 is 0 Å². The van der Waals surface area contributed by atoms with Crippen molar-refractivity contribution in [1.82, 2.24) is 20.2 Å². The van der Waals surface area contributed by atoms with Crippen LogP contribution in [0.5, 0.6) is 0 Å². The van der Waals surface area contributed by atoms with Crippen molar-refractivity contribution in [3.63, 3.8) is 0 Å². The molecule has 0 atom stereocenters. The van der Waals surface area contributed by atoms with E-state index in [1.807, 2.05) is 35.3 Å². The lowest BCUT2D eigenvalue weighted by molar-refractivity contribution is -0.140. The van der Waals surface area contributed by atoms with E-state index in [0.717, 1.165) is 5.56 Å². The van der Waals surface area contributed by atoms with E-state index in [9.17, 15) is 18.0 Å². The number of carbonyl (C=O) groups is 1. The summed E-state index contributed by atoms with van der Waals surface area (Å²) in [6.07, 6.45) is -3.94. The lowest BCUT2D eigenvalue weighted by atomic mass is 10.1. The summed E-state index contributed by atoms with van der Waals surface area (Å²) in [5, 5.41) is 8.77. The standard InChI is InChI=1S/C14H10F3N5O/c15-14(16,17)11-7-18-13(19-11)20-12(23)10-6-9(21-22-10)8-4-2-1-3-5-8/h1-7H,(H,21,22)(H2,18,19,20,23). The highest BCUT2D eigenvalue weighted by molar-refractivity contribution is 6.02. The maximum Gasteiger partial charge on any atom is 0.432 e. The molecule has 2 heterocycles. The second-order valence-electron chi connectivity index (χ2n) is 4.63. The minimum atomic E-state index is -4.55. The molecule has 6 nitrogen and oxygen atoms in total. The summed E-state index contributed by atoms with van der Waals surface area (Å²) in [5.74, 6) is -0.944. The molecule has 2 aromatic heterocycles. The molecule has 0 aliphatic carbocycles. The number of H-pyrrole nitrogens is 2. The van der Waals surface area contributed by atoms with Crippen LogP contribution < -0.4 is 5.32 Å². The number of anilines is 1. The average Bonchev–Trinajstić information content (AvgIpc) is 3.16. The zero-order valence-electron chi connectivity index (χ0n) is 11.5. The molecule has 23 heavy (non-hydrogen) atoms. The zero-order chi connectivity index (χ0) is 16.4. The van der Waals surface area contributed by atoms with E-state index in [1.165, 1.54) is 6.07 Å². The molecule has 1 amide bonds. The van der Waals surface area contributed by atoms with Gasteiger partial charge in [0.15, 0.2) is 0 Å². The first-order valence-electron chi connectivity index (χ1n) is 6.48. The summed E-state index contributed by atoms with van der Waals surface area (Å²) in [6.45, 7) is 0. The molecule has 3 aromatic rings. The number of halogens is 3. The summed E-state index contributed by atoms with van der Waals surface area (Å²) in [7, 11) is 0. The molecule has 0 saturated heterocycles. The molecule has 0 bridgehead atoms. The number of aromatic amines is 2.